The summed E-state index contributed by atoms with van der Waals surface area (Å²) < 4.78 is 18.8. The third-order valence-electron chi connectivity index (χ3n) is 4.46. The van der Waals surface area contributed by atoms with Gasteiger partial charge in [0.15, 0.2) is 0 Å². The first-order valence-electron chi connectivity index (χ1n) is 8.58. The van der Waals surface area contributed by atoms with Crippen LogP contribution in [0.25, 0.3) is 0 Å². The van der Waals surface area contributed by atoms with Crippen molar-refractivity contribution in [1.82, 2.24) is 4.90 Å². The first-order chi connectivity index (χ1) is 12.1. The second-order valence-corrected chi connectivity index (χ2v) is 6.24. The van der Waals surface area contributed by atoms with Crippen LogP contribution in [-0.4, -0.2) is 37.0 Å². The molecule has 2 aromatic rings. The van der Waals surface area contributed by atoms with Crippen molar-refractivity contribution in [2.75, 3.05) is 31.6 Å². The Morgan fingerprint density at radius 3 is 2.76 bits per heavy atom. The Bertz CT molecular complexity index is 718. The van der Waals surface area contributed by atoms with Crippen LogP contribution in [0.3, 0.4) is 0 Å². The number of anilines is 1. The van der Waals surface area contributed by atoms with E-state index in [4.69, 9.17) is 4.74 Å². The topological polar surface area (TPSA) is 41.6 Å². The summed E-state index contributed by atoms with van der Waals surface area (Å²) in [5, 5.41) is 3.31. The maximum absolute atomic E-state index is 13.1. The number of para-hydroxylation sites is 1. The molecule has 0 bridgehead atoms. The molecule has 0 spiro atoms. The van der Waals surface area contributed by atoms with E-state index in [1.54, 1.807) is 12.1 Å². The third-order valence-corrected chi connectivity index (χ3v) is 4.46. The fourth-order valence-corrected chi connectivity index (χ4v) is 2.99. The van der Waals surface area contributed by atoms with Crippen molar-refractivity contribution in [3.63, 3.8) is 0 Å². The first-order valence-corrected chi connectivity index (χ1v) is 8.58. The molecule has 1 aliphatic heterocycles. The van der Waals surface area contributed by atoms with Crippen molar-refractivity contribution in [3.05, 3.63) is 65.5 Å². The summed E-state index contributed by atoms with van der Waals surface area (Å²) >= 11 is 0. The summed E-state index contributed by atoms with van der Waals surface area (Å²) in [6.07, 6.45) is 0.243. The van der Waals surface area contributed by atoms with Crippen molar-refractivity contribution in [2.45, 2.75) is 19.4 Å². The van der Waals surface area contributed by atoms with Crippen molar-refractivity contribution >= 4 is 11.6 Å². The van der Waals surface area contributed by atoms with E-state index >= 15 is 0 Å². The maximum Gasteiger partial charge on any atom is 0.224 e. The Kier molecular flexibility index (Phi) is 5.66. The number of amides is 1. The van der Waals surface area contributed by atoms with Gasteiger partial charge in [0, 0.05) is 25.2 Å². The van der Waals surface area contributed by atoms with Crippen LogP contribution in [0.5, 0.6) is 0 Å². The zero-order valence-electron chi connectivity index (χ0n) is 14.4. The number of halogens is 1. The van der Waals surface area contributed by atoms with E-state index in [9.17, 15) is 9.18 Å². The van der Waals surface area contributed by atoms with Gasteiger partial charge in [0.2, 0.25) is 5.91 Å². The fraction of sp³-hybridized carbons (Fsp3) is 0.350. The lowest BCUT2D eigenvalue weighted by Gasteiger charge is -2.33. The Labute approximate surface area is 147 Å². The predicted octanol–water partition coefficient (Wildman–Crippen LogP) is 3.54. The molecule has 132 valence electrons. The maximum atomic E-state index is 13.1. The van der Waals surface area contributed by atoms with E-state index in [0.717, 1.165) is 16.8 Å². The molecule has 1 saturated heterocycles. The Morgan fingerprint density at radius 1 is 1.24 bits per heavy atom. The lowest BCUT2D eigenvalue weighted by atomic mass is 10.1. The molecule has 1 N–H and O–H groups in total. The van der Waals surface area contributed by atoms with E-state index in [2.05, 4.69) is 5.32 Å². The highest BCUT2D eigenvalue weighted by Crippen LogP contribution is 2.23. The number of aryl methyl sites for hydroxylation is 1. The molecule has 1 amide bonds. The molecule has 25 heavy (non-hydrogen) atoms. The van der Waals surface area contributed by atoms with Gasteiger partial charge in [0.1, 0.15) is 11.9 Å². The van der Waals surface area contributed by atoms with E-state index in [-0.39, 0.29) is 17.8 Å². The van der Waals surface area contributed by atoms with Gasteiger partial charge in [-0.15, -0.1) is 0 Å². The molecule has 5 heteroatoms. The predicted molar refractivity (Wildman–Crippen MR) is 96.0 cm³/mol. The number of benzene rings is 2. The number of morpholine rings is 1. The van der Waals surface area contributed by atoms with E-state index in [1.165, 1.54) is 12.1 Å². The van der Waals surface area contributed by atoms with Gasteiger partial charge in [-0.25, -0.2) is 4.39 Å². The van der Waals surface area contributed by atoms with Gasteiger partial charge >= 0.3 is 0 Å². The van der Waals surface area contributed by atoms with E-state index in [0.29, 0.717) is 32.7 Å². The molecule has 0 unspecified atom stereocenters. The summed E-state index contributed by atoms with van der Waals surface area (Å²) in [4.78, 5) is 14.3. The molecule has 0 saturated carbocycles. The van der Waals surface area contributed by atoms with Crippen LogP contribution < -0.4 is 5.32 Å². The zero-order chi connectivity index (χ0) is 17.6. The molecule has 0 radical (unpaired) electrons. The van der Waals surface area contributed by atoms with Crippen molar-refractivity contribution in [1.29, 1.82) is 0 Å². The minimum absolute atomic E-state index is 0.108. The summed E-state index contributed by atoms with van der Waals surface area (Å²) in [5.74, 6) is -0.161. The van der Waals surface area contributed by atoms with E-state index in [1.807, 2.05) is 36.1 Å². The standard InChI is InChI=1S/C20H23FN2O2/c1-15-4-2-3-5-18(15)22-11-10-20(24)23-12-13-25-19(14-23)16-6-8-17(21)9-7-16/h2-9,19,22H,10-14H2,1H3/t19-/m1/s1. The first kappa shape index (κ1) is 17.4. The Balaban J connectivity index is 1.51. The molecule has 1 heterocycles. The molecular weight excluding hydrogens is 319 g/mol. The molecular formula is C20H23FN2O2. The van der Waals surface area contributed by atoms with Crippen LogP contribution in [0.2, 0.25) is 0 Å². The van der Waals surface area contributed by atoms with Gasteiger partial charge in [-0.3, -0.25) is 4.79 Å². The van der Waals surface area contributed by atoms with Crippen molar-refractivity contribution in [2.24, 2.45) is 0 Å². The van der Waals surface area contributed by atoms with E-state index < -0.39 is 0 Å². The highest BCUT2D eigenvalue weighted by Gasteiger charge is 2.25. The Hall–Kier alpha value is -2.40. The van der Waals surface area contributed by atoms with Crippen LogP contribution in [0, 0.1) is 12.7 Å². The number of ether oxygens (including phenoxy) is 1. The van der Waals surface area contributed by atoms with Crippen LogP contribution in [0.4, 0.5) is 10.1 Å². The molecule has 3 rings (SSSR count). The monoisotopic (exact) mass is 342 g/mol. The number of hydrogen-bond acceptors (Lipinski definition) is 3. The lowest BCUT2D eigenvalue weighted by molar-refractivity contribution is -0.138. The summed E-state index contributed by atoms with van der Waals surface area (Å²) in [6.45, 7) is 4.25. The zero-order valence-corrected chi connectivity index (χ0v) is 14.4. The number of nitrogens with one attached hydrogen (secondary N) is 1. The normalized spacial score (nSPS) is 17.4. The molecule has 0 aromatic heterocycles. The smallest absolute Gasteiger partial charge is 0.224 e. The SMILES string of the molecule is Cc1ccccc1NCCC(=O)N1CCO[C@@H](c2ccc(F)cc2)C1. The summed E-state index contributed by atoms with van der Waals surface area (Å²) in [5.41, 5.74) is 3.12. The van der Waals surface area contributed by atoms with Crippen LogP contribution >= 0.6 is 0 Å². The number of carbonyl (C=O) groups is 1. The lowest BCUT2D eigenvalue weighted by Crippen LogP contribution is -2.42. The molecule has 1 atom stereocenters. The van der Waals surface area contributed by atoms with Crippen LogP contribution in [0.15, 0.2) is 48.5 Å². The van der Waals surface area contributed by atoms with Gasteiger partial charge in [0.25, 0.3) is 0 Å². The number of nitrogens with zero attached hydrogens (tertiary/aromatic N) is 1. The minimum Gasteiger partial charge on any atom is -0.384 e. The second kappa shape index (κ2) is 8.12. The average molecular weight is 342 g/mol. The van der Waals surface area contributed by atoms with Crippen LogP contribution in [-0.2, 0) is 9.53 Å². The third kappa shape index (κ3) is 4.57. The number of rotatable bonds is 5. The van der Waals surface area contributed by atoms with Crippen LogP contribution in [0.1, 0.15) is 23.7 Å². The van der Waals surface area contributed by atoms with Crippen molar-refractivity contribution < 1.29 is 13.9 Å². The number of hydrogen-bond donors (Lipinski definition) is 1. The molecule has 4 nitrogen and oxygen atoms in total. The second-order valence-electron chi connectivity index (χ2n) is 6.24. The minimum atomic E-state index is -0.269. The quantitative estimate of drug-likeness (QED) is 0.904. The average Bonchev–Trinajstić information content (AvgIpc) is 2.64. The van der Waals surface area contributed by atoms with Gasteiger partial charge in [0.05, 0.1) is 13.2 Å². The fourth-order valence-electron chi connectivity index (χ4n) is 2.99. The van der Waals surface area contributed by atoms with Gasteiger partial charge in [-0.05, 0) is 36.2 Å². The van der Waals surface area contributed by atoms with Gasteiger partial charge < -0.3 is 15.0 Å². The molecule has 1 fully saturated rings. The largest absolute Gasteiger partial charge is 0.384 e. The number of carbonyl (C=O) groups excluding carboxylic acids is 1. The van der Waals surface area contributed by atoms with Gasteiger partial charge in [-0.1, -0.05) is 30.3 Å². The highest BCUT2D eigenvalue weighted by molar-refractivity contribution is 5.77. The van der Waals surface area contributed by atoms with Crippen molar-refractivity contribution in [3.8, 4) is 0 Å². The summed E-state index contributed by atoms with van der Waals surface area (Å²) in [6, 6.07) is 14.3. The molecule has 0 aliphatic carbocycles. The highest BCUT2D eigenvalue weighted by atomic mass is 19.1. The molecule has 2 aromatic carbocycles. The molecule has 1 aliphatic rings. The Morgan fingerprint density at radius 2 is 2.00 bits per heavy atom. The van der Waals surface area contributed by atoms with Gasteiger partial charge in [-0.2, -0.15) is 0 Å². The summed E-state index contributed by atoms with van der Waals surface area (Å²) in [7, 11) is 0.